The number of alkyl halides is 1. The molecule has 1 N–H and O–H groups in total. The van der Waals surface area contributed by atoms with Crippen molar-refractivity contribution in [1.29, 1.82) is 0 Å². The van der Waals surface area contributed by atoms with Crippen molar-refractivity contribution in [1.82, 2.24) is 4.98 Å². The molecule has 0 spiro atoms. The number of halogens is 1. The van der Waals surface area contributed by atoms with E-state index in [0.29, 0.717) is 10.9 Å². The van der Waals surface area contributed by atoms with Gasteiger partial charge in [-0.05, 0) is 6.07 Å². The molecule has 0 saturated heterocycles. The molecular weight excluding hydrogens is 228 g/mol. The summed E-state index contributed by atoms with van der Waals surface area (Å²) in [5.41, 5.74) is -0.685. The third kappa shape index (κ3) is 1.53. The van der Waals surface area contributed by atoms with Crippen molar-refractivity contribution in [2.45, 2.75) is 5.33 Å². The molecule has 0 aliphatic heterocycles. The average Bonchev–Trinajstić information content (AvgIpc) is 2.03. The molecule has 0 bridgehead atoms. The van der Waals surface area contributed by atoms with E-state index in [1.165, 1.54) is 12.3 Å². The number of nitrogens with zero attached hydrogens (tertiary/aromatic N) is 1. The molecule has 0 atom stereocenters. The predicted octanol–water partition coefficient (Wildman–Crippen LogP) is 1.18. The highest BCUT2D eigenvalue weighted by molar-refractivity contribution is 9.08. The molecular formula is C6H5BrN2O3. The zero-order valence-electron chi connectivity index (χ0n) is 5.91. The van der Waals surface area contributed by atoms with Gasteiger partial charge in [0.1, 0.15) is 0 Å². The van der Waals surface area contributed by atoms with Crippen molar-refractivity contribution in [3.05, 3.63) is 38.3 Å². The van der Waals surface area contributed by atoms with E-state index in [0.717, 1.165) is 0 Å². The van der Waals surface area contributed by atoms with Crippen LogP contribution in [0.3, 0.4) is 0 Å². The fraction of sp³-hybridized carbons (Fsp3) is 0.167. The van der Waals surface area contributed by atoms with E-state index in [4.69, 9.17) is 0 Å². The smallest absolute Gasteiger partial charge is 0.323 e. The maximum atomic E-state index is 10.9. The number of H-pyrrole nitrogens is 1. The monoisotopic (exact) mass is 232 g/mol. The quantitative estimate of drug-likeness (QED) is 0.473. The highest BCUT2D eigenvalue weighted by Crippen LogP contribution is 2.14. The lowest BCUT2D eigenvalue weighted by Gasteiger charge is -1.95. The fourth-order valence-electron chi connectivity index (χ4n) is 0.819. The summed E-state index contributed by atoms with van der Waals surface area (Å²) >= 11 is 3.05. The number of pyridine rings is 1. The molecule has 1 aromatic rings. The van der Waals surface area contributed by atoms with Crippen molar-refractivity contribution in [3.63, 3.8) is 0 Å². The van der Waals surface area contributed by atoms with Crippen LogP contribution < -0.4 is 5.56 Å². The Hall–Kier alpha value is -1.17. The maximum absolute atomic E-state index is 10.9. The van der Waals surface area contributed by atoms with Crippen LogP contribution in [-0.4, -0.2) is 9.91 Å². The largest absolute Gasteiger partial charge is 0.337 e. The van der Waals surface area contributed by atoms with Gasteiger partial charge in [0, 0.05) is 17.1 Å². The lowest BCUT2D eigenvalue weighted by atomic mass is 10.2. The maximum Gasteiger partial charge on any atom is 0.337 e. The second kappa shape index (κ2) is 3.48. The Bertz CT molecular complexity index is 360. The van der Waals surface area contributed by atoms with Gasteiger partial charge in [0.05, 0.1) is 4.92 Å². The van der Waals surface area contributed by atoms with Crippen molar-refractivity contribution in [3.8, 4) is 0 Å². The first-order valence-corrected chi connectivity index (χ1v) is 4.20. The number of aromatic amines is 1. The van der Waals surface area contributed by atoms with Crippen molar-refractivity contribution in [2.75, 3.05) is 0 Å². The minimum Gasteiger partial charge on any atom is -0.323 e. The van der Waals surface area contributed by atoms with Gasteiger partial charge < -0.3 is 4.98 Å². The van der Waals surface area contributed by atoms with Gasteiger partial charge in [0.2, 0.25) is 0 Å². The Morgan fingerprint density at radius 3 is 2.75 bits per heavy atom. The first-order valence-electron chi connectivity index (χ1n) is 3.07. The van der Waals surface area contributed by atoms with Gasteiger partial charge in [-0.25, -0.2) is 0 Å². The molecule has 0 aliphatic rings. The molecule has 0 radical (unpaired) electrons. The van der Waals surface area contributed by atoms with Crippen LogP contribution in [0.25, 0.3) is 0 Å². The topological polar surface area (TPSA) is 76.0 Å². The molecule has 1 heterocycles. The molecule has 6 heteroatoms. The first kappa shape index (κ1) is 8.92. The summed E-state index contributed by atoms with van der Waals surface area (Å²) in [6, 6.07) is 1.49. The molecule has 0 aromatic carbocycles. The third-order valence-corrected chi connectivity index (χ3v) is 1.95. The lowest BCUT2D eigenvalue weighted by molar-refractivity contribution is -0.386. The van der Waals surface area contributed by atoms with Crippen molar-refractivity contribution in [2.24, 2.45) is 0 Å². The van der Waals surface area contributed by atoms with Gasteiger partial charge in [-0.1, -0.05) is 15.9 Å². The summed E-state index contributed by atoms with van der Waals surface area (Å²) in [6.07, 6.45) is 1.38. The number of nitro groups is 1. The molecule has 12 heavy (non-hydrogen) atoms. The van der Waals surface area contributed by atoms with Gasteiger partial charge in [-0.15, -0.1) is 0 Å². The number of nitrogens with one attached hydrogen (secondary N) is 1. The van der Waals surface area contributed by atoms with Crippen LogP contribution in [-0.2, 0) is 5.33 Å². The molecule has 1 rings (SSSR count). The number of hydrogen-bond donors (Lipinski definition) is 1. The average molecular weight is 233 g/mol. The number of hydrogen-bond acceptors (Lipinski definition) is 3. The van der Waals surface area contributed by atoms with Gasteiger partial charge >= 0.3 is 11.2 Å². The van der Waals surface area contributed by atoms with E-state index < -0.39 is 16.2 Å². The van der Waals surface area contributed by atoms with E-state index in [9.17, 15) is 14.9 Å². The van der Waals surface area contributed by atoms with E-state index in [2.05, 4.69) is 20.9 Å². The molecule has 0 saturated carbocycles. The Morgan fingerprint density at radius 2 is 2.33 bits per heavy atom. The van der Waals surface area contributed by atoms with Crippen LogP contribution in [0, 0.1) is 10.1 Å². The zero-order chi connectivity index (χ0) is 9.14. The Balaban J connectivity index is 3.40. The van der Waals surface area contributed by atoms with Gasteiger partial charge in [0.15, 0.2) is 0 Å². The summed E-state index contributed by atoms with van der Waals surface area (Å²) in [4.78, 5) is 22.8. The second-order valence-corrected chi connectivity index (χ2v) is 2.63. The SMILES string of the molecule is O=c1[nH]ccc(CBr)c1[N+](=O)[O-]. The number of rotatable bonds is 2. The van der Waals surface area contributed by atoms with Crippen LogP contribution in [0.1, 0.15) is 5.56 Å². The minimum atomic E-state index is -0.685. The zero-order valence-corrected chi connectivity index (χ0v) is 7.50. The van der Waals surface area contributed by atoms with Crippen LogP contribution in [0.4, 0.5) is 5.69 Å². The first-order chi connectivity index (χ1) is 5.66. The predicted molar refractivity (Wildman–Crippen MR) is 46.3 cm³/mol. The van der Waals surface area contributed by atoms with E-state index in [-0.39, 0.29) is 0 Å². The summed E-state index contributed by atoms with van der Waals surface area (Å²) < 4.78 is 0. The van der Waals surface area contributed by atoms with Crippen molar-refractivity contribution >= 4 is 21.6 Å². The number of aromatic nitrogens is 1. The van der Waals surface area contributed by atoms with E-state index >= 15 is 0 Å². The second-order valence-electron chi connectivity index (χ2n) is 2.07. The highest BCUT2D eigenvalue weighted by atomic mass is 79.9. The molecule has 64 valence electrons. The summed E-state index contributed by atoms with van der Waals surface area (Å²) in [5, 5.41) is 10.7. The van der Waals surface area contributed by atoms with E-state index in [1.54, 1.807) is 0 Å². The van der Waals surface area contributed by atoms with E-state index in [1.807, 2.05) is 0 Å². The summed E-state index contributed by atoms with van der Waals surface area (Å²) in [7, 11) is 0. The molecule has 5 nitrogen and oxygen atoms in total. The van der Waals surface area contributed by atoms with Crippen LogP contribution in [0.2, 0.25) is 0 Å². The summed E-state index contributed by atoms with van der Waals surface area (Å²) in [6.45, 7) is 0. The van der Waals surface area contributed by atoms with Gasteiger partial charge in [0.25, 0.3) is 0 Å². The molecule has 0 amide bonds. The Labute approximate surface area is 75.7 Å². The molecule has 0 fully saturated rings. The Kier molecular flexibility index (Phi) is 2.59. The molecule has 1 aromatic heterocycles. The molecule has 0 unspecified atom stereocenters. The summed E-state index contributed by atoms with van der Waals surface area (Å²) in [5.74, 6) is 0. The molecule has 0 aliphatic carbocycles. The van der Waals surface area contributed by atoms with Crippen LogP contribution in [0.15, 0.2) is 17.1 Å². The fourth-order valence-corrected chi connectivity index (χ4v) is 1.27. The highest BCUT2D eigenvalue weighted by Gasteiger charge is 2.16. The lowest BCUT2D eigenvalue weighted by Crippen LogP contribution is -2.12. The van der Waals surface area contributed by atoms with Crippen molar-refractivity contribution < 1.29 is 4.92 Å². The van der Waals surface area contributed by atoms with Gasteiger partial charge in [-0.3, -0.25) is 14.9 Å². The van der Waals surface area contributed by atoms with Crippen LogP contribution >= 0.6 is 15.9 Å². The third-order valence-electron chi connectivity index (χ3n) is 1.34. The van der Waals surface area contributed by atoms with Crippen LogP contribution in [0.5, 0.6) is 0 Å². The normalized spacial score (nSPS) is 9.75. The Morgan fingerprint density at radius 1 is 1.67 bits per heavy atom. The minimum absolute atomic E-state index is 0.299. The van der Waals surface area contributed by atoms with Gasteiger partial charge in [-0.2, -0.15) is 0 Å². The standard InChI is InChI=1S/C6H5BrN2O3/c7-3-4-1-2-8-6(10)5(4)9(11)12/h1-2H,3H2,(H,8,10).